The molecule has 1 unspecified atom stereocenters. The summed E-state index contributed by atoms with van der Waals surface area (Å²) in [5.74, 6) is -0.991. The highest BCUT2D eigenvalue weighted by Gasteiger charge is 2.41. The fourth-order valence-corrected chi connectivity index (χ4v) is 3.14. The van der Waals surface area contributed by atoms with E-state index in [0.29, 0.717) is 13.2 Å². The first-order chi connectivity index (χ1) is 9.53. The number of hydrogen-bond acceptors (Lipinski definition) is 3. The SMILES string of the molecule is CCC1(CC)CCN(C(=O)N2CCOCC2C(=O)O)C1. The van der Waals surface area contributed by atoms with E-state index in [1.165, 1.54) is 4.90 Å². The molecular weight excluding hydrogens is 260 g/mol. The number of morpholine rings is 1. The number of carbonyl (C=O) groups excluding carboxylic acids is 1. The zero-order valence-electron chi connectivity index (χ0n) is 12.3. The third-order valence-electron chi connectivity index (χ3n) is 4.87. The van der Waals surface area contributed by atoms with Crippen LogP contribution in [0.4, 0.5) is 4.79 Å². The van der Waals surface area contributed by atoms with Crippen molar-refractivity contribution in [3.63, 3.8) is 0 Å². The molecule has 2 fully saturated rings. The molecule has 2 aliphatic rings. The molecule has 2 rings (SSSR count). The average Bonchev–Trinajstić information content (AvgIpc) is 2.91. The van der Waals surface area contributed by atoms with Gasteiger partial charge in [-0.15, -0.1) is 0 Å². The van der Waals surface area contributed by atoms with Crippen LogP contribution in [-0.2, 0) is 9.53 Å². The molecule has 1 N–H and O–H groups in total. The Morgan fingerprint density at radius 2 is 2.00 bits per heavy atom. The Morgan fingerprint density at radius 1 is 1.30 bits per heavy atom. The maximum atomic E-state index is 12.6. The van der Waals surface area contributed by atoms with E-state index in [2.05, 4.69) is 13.8 Å². The van der Waals surface area contributed by atoms with Gasteiger partial charge in [-0.2, -0.15) is 0 Å². The molecule has 2 amide bonds. The van der Waals surface area contributed by atoms with E-state index in [0.717, 1.165) is 32.4 Å². The number of nitrogens with zero attached hydrogens (tertiary/aromatic N) is 2. The van der Waals surface area contributed by atoms with Crippen molar-refractivity contribution in [3.8, 4) is 0 Å². The lowest BCUT2D eigenvalue weighted by Gasteiger charge is -2.36. The lowest BCUT2D eigenvalue weighted by molar-refractivity contribution is -0.147. The molecule has 2 saturated heterocycles. The van der Waals surface area contributed by atoms with Gasteiger partial charge in [-0.3, -0.25) is 0 Å². The van der Waals surface area contributed by atoms with Crippen molar-refractivity contribution < 1.29 is 19.4 Å². The summed E-state index contributed by atoms with van der Waals surface area (Å²) >= 11 is 0. The Kier molecular flexibility index (Phi) is 4.52. The van der Waals surface area contributed by atoms with Crippen LogP contribution in [-0.4, -0.2) is 65.8 Å². The molecule has 2 heterocycles. The largest absolute Gasteiger partial charge is 0.480 e. The van der Waals surface area contributed by atoms with E-state index in [4.69, 9.17) is 4.74 Å². The standard InChI is InChI=1S/C14H24N2O4/c1-3-14(4-2)5-6-15(10-14)13(19)16-7-8-20-9-11(16)12(17)18/h11H,3-10H2,1-2H3,(H,17,18). The van der Waals surface area contributed by atoms with E-state index in [-0.39, 0.29) is 18.1 Å². The molecule has 2 aliphatic heterocycles. The second kappa shape index (κ2) is 5.99. The van der Waals surface area contributed by atoms with Crippen molar-refractivity contribution in [1.29, 1.82) is 0 Å². The van der Waals surface area contributed by atoms with Crippen LogP contribution in [0.2, 0.25) is 0 Å². The van der Waals surface area contributed by atoms with Crippen LogP contribution in [0.3, 0.4) is 0 Å². The quantitative estimate of drug-likeness (QED) is 0.850. The number of hydrogen-bond donors (Lipinski definition) is 1. The van der Waals surface area contributed by atoms with Crippen LogP contribution in [0.5, 0.6) is 0 Å². The molecule has 0 bridgehead atoms. The highest BCUT2D eigenvalue weighted by atomic mass is 16.5. The molecule has 0 aliphatic carbocycles. The Hall–Kier alpha value is -1.30. The summed E-state index contributed by atoms with van der Waals surface area (Å²) in [5.41, 5.74) is 0.209. The number of urea groups is 1. The van der Waals surface area contributed by atoms with Crippen molar-refractivity contribution >= 4 is 12.0 Å². The first-order valence-corrected chi connectivity index (χ1v) is 7.39. The third-order valence-corrected chi connectivity index (χ3v) is 4.87. The molecule has 1 atom stereocenters. The summed E-state index contributed by atoms with van der Waals surface area (Å²) in [4.78, 5) is 27.1. The number of aliphatic carboxylic acids is 1. The number of carbonyl (C=O) groups is 2. The van der Waals surface area contributed by atoms with Crippen molar-refractivity contribution in [3.05, 3.63) is 0 Å². The van der Waals surface area contributed by atoms with E-state index >= 15 is 0 Å². The lowest BCUT2D eigenvalue weighted by atomic mass is 9.82. The monoisotopic (exact) mass is 284 g/mol. The van der Waals surface area contributed by atoms with E-state index in [1.54, 1.807) is 0 Å². The fraction of sp³-hybridized carbons (Fsp3) is 0.857. The number of likely N-dealkylation sites (tertiary alicyclic amines) is 1. The second-order valence-corrected chi connectivity index (χ2v) is 5.78. The van der Waals surface area contributed by atoms with E-state index in [1.807, 2.05) is 4.90 Å². The third kappa shape index (κ3) is 2.75. The van der Waals surface area contributed by atoms with Gasteiger partial charge in [0.2, 0.25) is 0 Å². The zero-order valence-corrected chi connectivity index (χ0v) is 12.3. The number of rotatable bonds is 3. The minimum Gasteiger partial charge on any atom is -0.480 e. The van der Waals surface area contributed by atoms with Gasteiger partial charge in [-0.1, -0.05) is 13.8 Å². The summed E-state index contributed by atoms with van der Waals surface area (Å²) in [6, 6.07) is -1.00. The smallest absolute Gasteiger partial charge is 0.328 e. The van der Waals surface area contributed by atoms with Gasteiger partial charge in [0.05, 0.1) is 13.2 Å². The highest BCUT2D eigenvalue weighted by molar-refractivity contribution is 5.83. The van der Waals surface area contributed by atoms with Gasteiger partial charge in [-0.25, -0.2) is 9.59 Å². The number of carboxylic acid groups (broad SMARTS) is 1. The van der Waals surface area contributed by atoms with Crippen LogP contribution in [0.1, 0.15) is 33.1 Å². The zero-order chi connectivity index (χ0) is 14.8. The highest BCUT2D eigenvalue weighted by Crippen LogP contribution is 2.37. The maximum absolute atomic E-state index is 12.6. The average molecular weight is 284 g/mol. The predicted molar refractivity (Wildman–Crippen MR) is 73.5 cm³/mol. The molecule has 0 aromatic heterocycles. The van der Waals surface area contributed by atoms with Gasteiger partial charge < -0.3 is 19.6 Å². The van der Waals surface area contributed by atoms with Crippen molar-refractivity contribution in [2.75, 3.05) is 32.8 Å². The number of ether oxygens (including phenoxy) is 1. The minimum absolute atomic E-state index is 0.0849. The summed E-state index contributed by atoms with van der Waals surface area (Å²) in [6.45, 7) is 6.64. The topological polar surface area (TPSA) is 70.1 Å². The summed E-state index contributed by atoms with van der Waals surface area (Å²) in [7, 11) is 0. The molecule has 0 spiro atoms. The molecule has 0 aromatic rings. The summed E-state index contributed by atoms with van der Waals surface area (Å²) in [6.07, 6.45) is 3.12. The van der Waals surface area contributed by atoms with Crippen LogP contribution in [0.15, 0.2) is 0 Å². The van der Waals surface area contributed by atoms with Crippen LogP contribution >= 0.6 is 0 Å². The molecule has 0 radical (unpaired) electrons. The Morgan fingerprint density at radius 3 is 2.55 bits per heavy atom. The molecule has 6 heteroatoms. The molecule has 20 heavy (non-hydrogen) atoms. The van der Waals surface area contributed by atoms with Crippen LogP contribution in [0, 0.1) is 5.41 Å². The second-order valence-electron chi connectivity index (χ2n) is 5.78. The van der Waals surface area contributed by atoms with E-state index < -0.39 is 12.0 Å². The van der Waals surface area contributed by atoms with Gasteiger partial charge >= 0.3 is 12.0 Å². The first-order valence-electron chi connectivity index (χ1n) is 7.39. The molecule has 0 saturated carbocycles. The van der Waals surface area contributed by atoms with Crippen molar-refractivity contribution in [1.82, 2.24) is 9.80 Å². The normalized spacial score (nSPS) is 25.8. The first kappa shape index (κ1) is 15.1. The molecular formula is C14H24N2O4. The minimum atomic E-state index is -0.991. The van der Waals surface area contributed by atoms with Crippen molar-refractivity contribution in [2.24, 2.45) is 5.41 Å². The summed E-state index contributed by atoms with van der Waals surface area (Å²) < 4.78 is 5.18. The van der Waals surface area contributed by atoms with Gasteiger partial charge in [0.1, 0.15) is 0 Å². The molecule has 0 aromatic carbocycles. The van der Waals surface area contributed by atoms with E-state index in [9.17, 15) is 14.7 Å². The number of carboxylic acids is 1. The summed E-state index contributed by atoms with van der Waals surface area (Å²) in [5, 5.41) is 9.20. The fourth-order valence-electron chi connectivity index (χ4n) is 3.14. The van der Waals surface area contributed by atoms with Crippen molar-refractivity contribution in [2.45, 2.75) is 39.2 Å². The Bertz CT molecular complexity index is 381. The Balaban J connectivity index is 2.05. The lowest BCUT2D eigenvalue weighted by Crippen LogP contribution is -2.56. The molecule has 114 valence electrons. The Labute approximate surface area is 119 Å². The van der Waals surface area contributed by atoms with Crippen LogP contribution in [0.25, 0.3) is 0 Å². The molecule has 6 nitrogen and oxygen atoms in total. The van der Waals surface area contributed by atoms with Crippen LogP contribution < -0.4 is 0 Å². The van der Waals surface area contributed by atoms with Gasteiger partial charge in [-0.05, 0) is 24.7 Å². The van der Waals surface area contributed by atoms with Gasteiger partial charge in [0, 0.05) is 19.6 Å². The van der Waals surface area contributed by atoms with Gasteiger partial charge in [0.15, 0.2) is 6.04 Å². The number of amides is 2. The van der Waals surface area contributed by atoms with Gasteiger partial charge in [0.25, 0.3) is 0 Å². The maximum Gasteiger partial charge on any atom is 0.328 e. The predicted octanol–water partition coefficient (Wildman–Crippen LogP) is 1.40.